The minimum absolute atomic E-state index is 0.0723. The summed E-state index contributed by atoms with van der Waals surface area (Å²) in [4.78, 5) is 14.0. The van der Waals surface area contributed by atoms with Crippen molar-refractivity contribution in [2.75, 3.05) is 27.3 Å². The lowest BCUT2D eigenvalue weighted by atomic mass is 9.91. The van der Waals surface area contributed by atoms with Crippen LogP contribution >= 0.6 is 11.3 Å². The number of hydrogen-bond acceptors (Lipinski definition) is 6. The third kappa shape index (κ3) is 5.29. The molecule has 1 aliphatic heterocycles. The molecule has 4 aromatic rings. The van der Waals surface area contributed by atoms with Crippen LogP contribution in [-0.4, -0.2) is 43.3 Å². The van der Waals surface area contributed by atoms with E-state index in [-0.39, 0.29) is 12.0 Å². The first-order valence-electron chi connectivity index (χ1n) is 12.4. The number of piperidine rings is 1. The van der Waals surface area contributed by atoms with E-state index in [4.69, 9.17) is 14.2 Å². The maximum absolute atomic E-state index is 11.6. The molecule has 1 unspecified atom stereocenters. The van der Waals surface area contributed by atoms with Gasteiger partial charge < -0.3 is 19.3 Å². The van der Waals surface area contributed by atoms with Crippen LogP contribution in [0.5, 0.6) is 17.2 Å². The van der Waals surface area contributed by atoms with E-state index >= 15 is 0 Å². The Morgan fingerprint density at radius 1 is 1.00 bits per heavy atom. The number of carbonyl (C=O) groups is 1. The summed E-state index contributed by atoms with van der Waals surface area (Å²) in [7, 11) is 3.28. The lowest BCUT2D eigenvalue weighted by Crippen LogP contribution is -2.39. The summed E-state index contributed by atoms with van der Waals surface area (Å²) in [6.45, 7) is 1.79. The van der Waals surface area contributed by atoms with Crippen molar-refractivity contribution < 1.29 is 24.1 Å². The SMILES string of the molecule is COc1cc(C(c2csc3ccccc23)N2CCC(C(=O)O)CC2)cc(OC)c1OCc1ccccc1. The number of methoxy groups -OCH3 is 2. The fourth-order valence-electron chi connectivity index (χ4n) is 5.13. The second kappa shape index (κ2) is 11.2. The van der Waals surface area contributed by atoms with Crippen LogP contribution < -0.4 is 14.2 Å². The molecule has 192 valence electrons. The summed E-state index contributed by atoms with van der Waals surface area (Å²) in [5.74, 6) is 0.774. The Morgan fingerprint density at radius 3 is 2.30 bits per heavy atom. The molecule has 6 nitrogen and oxygen atoms in total. The standard InChI is InChI=1S/C30H31NO5S/c1-34-25-16-22(17-26(35-2)29(25)36-18-20-8-4-3-5-9-20)28(31-14-12-21(13-15-31)30(32)33)24-19-37-27-11-7-6-10-23(24)27/h3-11,16-17,19,21,28H,12-15,18H2,1-2H3,(H,32,33). The highest BCUT2D eigenvalue weighted by atomic mass is 32.1. The average Bonchev–Trinajstić information content (AvgIpc) is 3.36. The predicted molar refractivity (Wildman–Crippen MR) is 146 cm³/mol. The number of likely N-dealkylation sites (tertiary alicyclic amines) is 1. The van der Waals surface area contributed by atoms with Crippen LogP contribution in [0.2, 0.25) is 0 Å². The molecule has 37 heavy (non-hydrogen) atoms. The summed E-state index contributed by atoms with van der Waals surface area (Å²) in [6.07, 6.45) is 1.25. The van der Waals surface area contributed by atoms with E-state index in [1.165, 1.54) is 15.6 Å². The molecule has 1 atom stereocenters. The van der Waals surface area contributed by atoms with Crippen molar-refractivity contribution >= 4 is 27.4 Å². The first-order valence-corrected chi connectivity index (χ1v) is 13.3. The first-order chi connectivity index (χ1) is 18.1. The van der Waals surface area contributed by atoms with Crippen LogP contribution in [0.25, 0.3) is 10.1 Å². The van der Waals surface area contributed by atoms with Gasteiger partial charge in [0.15, 0.2) is 11.5 Å². The van der Waals surface area contributed by atoms with Crippen LogP contribution in [0.3, 0.4) is 0 Å². The van der Waals surface area contributed by atoms with Gasteiger partial charge in [-0.25, -0.2) is 0 Å². The Balaban J connectivity index is 1.55. The molecule has 0 amide bonds. The van der Waals surface area contributed by atoms with Crippen molar-refractivity contribution in [1.82, 2.24) is 4.90 Å². The van der Waals surface area contributed by atoms with Crippen LogP contribution in [0.15, 0.2) is 72.1 Å². The van der Waals surface area contributed by atoms with Crippen molar-refractivity contribution in [3.8, 4) is 17.2 Å². The number of rotatable bonds is 9. The molecule has 0 spiro atoms. The number of ether oxygens (including phenoxy) is 3. The van der Waals surface area contributed by atoms with Crippen LogP contribution in [0.1, 0.15) is 35.6 Å². The molecular weight excluding hydrogens is 486 g/mol. The quantitative estimate of drug-likeness (QED) is 0.278. The number of carboxylic acids is 1. The highest BCUT2D eigenvalue weighted by Gasteiger charge is 2.32. The van der Waals surface area contributed by atoms with Gasteiger partial charge in [-0.15, -0.1) is 11.3 Å². The van der Waals surface area contributed by atoms with Crippen molar-refractivity contribution in [1.29, 1.82) is 0 Å². The first kappa shape index (κ1) is 25.1. The Kier molecular flexibility index (Phi) is 7.63. The van der Waals surface area contributed by atoms with Crippen LogP contribution in [0, 0.1) is 5.92 Å². The molecule has 0 saturated carbocycles. The predicted octanol–water partition coefficient (Wildman–Crippen LogP) is 6.38. The van der Waals surface area contributed by atoms with E-state index in [0.717, 1.165) is 11.1 Å². The zero-order chi connectivity index (χ0) is 25.8. The van der Waals surface area contributed by atoms with Gasteiger partial charge in [-0.2, -0.15) is 0 Å². The molecule has 7 heteroatoms. The highest BCUT2D eigenvalue weighted by molar-refractivity contribution is 7.17. The van der Waals surface area contributed by atoms with Gasteiger partial charge in [-0.3, -0.25) is 9.69 Å². The number of nitrogens with zero attached hydrogens (tertiary/aromatic N) is 1. The van der Waals surface area contributed by atoms with E-state index < -0.39 is 5.97 Å². The molecule has 1 aromatic heterocycles. The topological polar surface area (TPSA) is 68.2 Å². The number of aliphatic carboxylic acids is 1. The van der Waals surface area contributed by atoms with Gasteiger partial charge in [0.25, 0.3) is 0 Å². The molecule has 2 heterocycles. The maximum atomic E-state index is 11.6. The molecule has 5 rings (SSSR count). The van der Waals surface area contributed by atoms with Gasteiger partial charge in [-0.05, 0) is 71.6 Å². The van der Waals surface area contributed by atoms with Crippen molar-refractivity contribution in [2.24, 2.45) is 5.92 Å². The second-order valence-electron chi connectivity index (χ2n) is 9.27. The Hall–Kier alpha value is -3.55. The lowest BCUT2D eigenvalue weighted by Gasteiger charge is -2.37. The third-order valence-electron chi connectivity index (χ3n) is 7.07. The van der Waals surface area contributed by atoms with E-state index in [9.17, 15) is 9.90 Å². The second-order valence-corrected chi connectivity index (χ2v) is 10.2. The number of hydrogen-bond donors (Lipinski definition) is 1. The fourth-order valence-corrected chi connectivity index (χ4v) is 6.11. The van der Waals surface area contributed by atoms with Gasteiger partial charge in [-0.1, -0.05) is 48.5 Å². The van der Waals surface area contributed by atoms with Gasteiger partial charge in [0.1, 0.15) is 6.61 Å². The van der Waals surface area contributed by atoms with Gasteiger partial charge in [0, 0.05) is 4.70 Å². The third-order valence-corrected chi connectivity index (χ3v) is 8.06. The zero-order valence-corrected chi connectivity index (χ0v) is 21.9. The summed E-state index contributed by atoms with van der Waals surface area (Å²) < 4.78 is 19.0. The van der Waals surface area contributed by atoms with Gasteiger partial charge in [0.2, 0.25) is 5.75 Å². The minimum atomic E-state index is -0.708. The zero-order valence-electron chi connectivity index (χ0n) is 21.1. The molecule has 1 N–H and O–H groups in total. The van der Waals surface area contributed by atoms with Crippen molar-refractivity contribution in [2.45, 2.75) is 25.5 Å². The van der Waals surface area contributed by atoms with E-state index in [2.05, 4.69) is 34.5 Å². The van der Waals surface area contributed by atoms with Crippen LogP contribution in [0.4, 0.5) is 0 Å². The molecule has 0 radical (unpaired) electrons. The van der Waals surface area contributed by atoms with Gasteiger partial charge in [0.05, 0.1) is 26.2 Å². The summed E-state index contributed by atoms with van der Waals surface area (Å²) in [5.41, 5.74) is 3.29. The molecule has 3 aromatic carbocycles. The average molecular weight is 518 g/mol. The molecule has 0 bridgehead atoms. The fraction of sp³-hybridized carbons (Fsp3) is 0.300. The maximum Gasteiger partial charge on any atom is 0.306 e. The lowest BCUT2D eigenvalue weighted by molar-refractivity contribution is -0.143. The smallest absolute Gasteiger partial charge is 0.306 e. The van der Waals surface area contributed by atoms with Crippen molar-refractivity contribution in [3.63, 3.8) is 0 Å². The molecular formula is C30H31NO5S. The Bertz CT molecular complexity index is 1340. The van der Waals surface area contributed by atoms with E-state index in [1.807, 2.05) is 42.5 Å². The molecule has 0 aliphatic carbocycles. The molecule has 1 aliphatic rings. The van der Waals surface area contributed by atoms with E-state index in [1.54, 1.807) is 25.6 Å². The summed E-state index contributed by atoms with van der Waals surface area (Å²) >= 11 is 1.73. The number of fused-ring (bicyclic) bond motifs is 1. The molecule has 1 saturated heterocycles. The normalized spacial score (nSPS) is 15.4. The number of carboxylic acid groups (broad SMARTS) is 1. The summed E-state index contributed by atoms with van der Waals surface area (Å²) in [6, 6.07) is 22.4. The molecule has 1 fully saturated rings. The Morgan fingerprint density at radius 2 is 1.65 bits per heavy atom. The van der Waals surface area contributed by atoms with Crippen molar-refractivity contribution in [3.05, 3.63) is 88.8 Å². The number of benzene rings is 3. The minimum Gasteiger partial charge on any atom is -0.493 e. The summed E-state index contributed by atoms with van der Waals surface area (Å²) in [5, 5.41) is 13.0. The highest BCUT2D eigenvalue weighted by Crippen LogP contribution is 2.45. The largest absolute Gasteiger partial charge is 0.493 e. The Labute approximate surface area is 221 Å². The monoisotopic (exact) mass is 517 g/mol. The van der Waals surface area contributed by atoms with Crippen LogP contribution in [-0.2, 0) is 11.4 Å². The number of thiophene rings is 1. The van der Waals surface area contributed by atoms with E-state index in [0.29, 0.717) is 49.8 Å². The van der Waals surface area contributed by atoms with Gasteiger partial charge >= 0.3 is 5.97 Å².